The van der Waals surface area contributed by atoms with Crippen LogP contribution in [0, 0.1) is 0 Å². The number of ether oxygens (including phenoxy) is 2. The Morgan fingerprint density at radius 3 is 2.86 bits per heavy atom. The standard InChI is InChI=1S/C16H20BrNO2S/c1-19-9-7-18-12-13-4-5-16(15(17)11-13)20-8-6-14-3-2-10-21-14/h2-5,10-11,18H,6-9,12H2,1H3. The van der Waals surface area contributed by atoms with Gasteiger partial charge in [0.15, 0.2) is 0 Å². The highest BCUT2D eigenvalue weighted by Gasteiger charge is 2.03. The first kappa shape index (κ1) is 16.5. The molecule has 0 aliphatic rings. The van der Waals surface area contributed by atoms with E-state index in [-0.39, 0.29) is 0 Å². The van der Waals surface area contributed by atoms with Crippen LogP contribution in [-0.2, 0) is 17.7 Å². The van der Waals surface area contributed by atoms with Crippen LogP contribution in [-0.4, -0.2) is 26.9 Å². The van der Waals surface area contributed by atoms with Gasteiger partial charge in [-0.2, -0.15) is 0 Å². The van der Waals surface area contributed by atoms with Crippen molar-refractivity contribution in [3.05, 3.63) is 50.6 Å². The molecular weight excluding hydrogens is 350 g/mol. The highest BCUT2D eigenvalue weighted by Crippen LogP contribution is 2.26. The summed E-state index contributed by atoms with van der Waals surface area (Å²) in [6.45, 7) is 3.11. The topological polar surface area (TPSA) is 30.5 Å². The van der Waals surface area contributed by atoms with Gasteiger partial charge in [0.05, 0.1) is 17.7 Å². The van der Waals surface area contributed by atoms with Crippen LogP contribution < -0.4 is 10.1 Å². The van der Waals surface area contributed by atoms with Crippen molar-refractivity contribution in [3.8, 4) is 5.75 Å². The Morgan fingerprint density at radius 1 is 1.24 bits per heavy atom. The van der Waals surface area contributed by atoms with Crippen LogP contribution in [0.25, 0.3) is 0 Å². The second-order valence-electron chi connectivity index (χ2n) is 4.61. The fourth-order valence-corrected chi connectivity index (χ4v) is 3.13. The van der Waals surface area contributed by atoms with Crippen molar-refractivity contribution in [2.45, 2.75) is 13.0 Å². The second-order valence-corrected chi connectivity index (χ2v) is 6.50. The van der Waals surface area contributed by atoms with Crippen LogP contribution in [0.3, 0.4) is 0 Å². The molecule has 0 atom stereocenters. The van der Waals surface area contributed by atoms with E-state index < -0.39 is 0 Å². The maximum atomic E-state index is 5.83. The number of benzene rings is 1. The van der Waals surface area contributed by atoms with Crippen molar-refractivity contribution in [1.29, 1.82) is 0 Å². The van der Waals surface area contributed by atoms with E-state index in [1.807, 2.05) is 6.07 Å². The van der Waals surface area contributed by atoms with Gasteiger partial charge in [-0.15, -0.1) is 11.3 Å². The zero-order chi connectivity index (χ0) is 14.9. The number of rotatable bonds is 9. The van der Waals surface area contributed by atoms with Crippen LogP contribution in [0.2, 0.25) is 0 Å². The molecule has 0 radical (unpaired) electrons. The highest BCUT2D eigenvalue weighted by molar-refractivity contribution is 9.10. The fourth-order valence-electron chi connectivity index (χ4n) is 1.89. The van der Waals surface area contributed by atoms with Crippen LogP contribution >= 0.6 is 27.3 Å². The zero-order valence-electron chi connectivity index (χ0n) is 12.1. The lowest BCUT2D eigenvalue weighted by molar-refractivity contribution is 0.199. The lowest BCUT2D eigenvalue weighted by Crippen LogP contribution is -2.18. The Morgan fingerprint density at radius 2 is 2.14 bits per heavy atom. The molecule has 21 heavy (non-hydrogen) atoms. The van der Waals surface area contributed by atoms with Gasteiger partial charge < -0.3 is 14.8 Å². The number of hydrogen-bond donors (Lipinski definition) is 1. The first-order valence-electron chi connectivity index (χ1n) is 6.93. The van der Waals surface area contributed by atoms with Crippen LogP contribution in [0.1, 0.15) is 10.4 Å². The Kier molecular flexibility index (Phi) is 7.23. The molecule has 0 aliphatic carbocycles. The smallest absolute Gasteiger partial charge is 0.133 e. The van der Waals surface area contributed by atoms with Gasteiger partial charge in [-0.25, -0.2) is 0 Å². The van der Waals surface area contributed by atoms with Crippen molar-refractivity contribution in [3.63, 3.8) is 0 Å². The van der Waals surface area contributed by atoms with Crippen LogP contribution in [0.15, 0.2) is 40.2 Å². The predicted octanol–water partition coefficient (Wildman–Crippen LogP) is 3.87. The number of hydrogen-bond acceptors (Lipinski definition) is 4. The molecule has 0 saturated heterocycles. The molecule has 2 aromatic rings. The van der Waals surface area contributed by atoms with Crippen molar-refractivity contribution >= 4 is 27.3 Å². The minimum atomic E-state index is 0.699. The predicted molar refractivity (Wildman–Crippen MR) is 91.2 cm³/mol. The Hall–Kier alpha value is -0.880. The highest BCUT2D eigenvalue weighted by atomic mass is 79.9. The molecule has 5 heteroatoms. The summed E-state index contributed by atoms with van der Waals surface area (Å²) in [7, 11) is 1.71. The fraction of sp³-hybridized carbons (Fsp3) is 0.375. The average molecular weight is 370 g/mol. The van der Waals surface area contributed by atoms with E-state index in [2.05, 4.69) is 50.9 Å². The van der Waals surface area contributed by atoms with Gasteiger partial charge in [-0.05, 0) is 45.1 Å². The van der Waals surface area contributed by atoms with Crippen molar-refractivity contribution in [2.24, 2.45) is 0 Å². The molecular formula is C16H20BrNO2S. The lowest BCUT2D eigenvalue weighted by Gasteiger charge is -2.10. The maximum Gasteiger partial charge on any atom is 0.133 e. The minimum absolute atomic E-state index is 0.699. The van der Waals surface area contributed by atoms with E-state index in [1.54, 1.807) is 18.4 Å². The van der Waals surface area contributed by atoms with E-state index in [1.165, 1.54) is 10.4 Å². The van der Waals surface area contributed by atoms with Gasteiger partial charge in [0.25, 0.3) is 0 Å². The molecule has 1 aromatic carbocycles. The molecule has 114 valence electrons. The summed E-state index contributed by atoms with van der Waals surface area (Å²) in [5.41, 5.74) is 1.23. The first-order valence-corrected chi connectivity index (χ1v) is 8.60. The van der Waals surface area contributed by atoms with Gasteiger partial charge in [-0.3, -0.25) is 0 Å². The summed E-state index contributed by atoms with van der Waals surface area (Å²) >= 11 is 5.34. The monoisotopic (exact) mass is 369 g/mol. The van der Waals surface area contributed by atoms with Gasteiger partial charge in [0.2, 0.25) is 0 Å². The molecule has 1 heterocycles. The normalized spacial score (nSPS) is 10.8. The average Bonchev–Trinajstić information content (AvgIpc) is 2.99. The van der Waals surface area contributed by atoms with Gasteiger partial charge in [-0.1, -0.05) is 12.1 Å². The maximum absolute atomic E-state index is 5.83. The second kappa shape index (κ2) is 9.20. The van der Waals surface area contributed by atoms with E-state index >= 15 is 0 Å². The molecule has 0 saturated carbocycles. The third-order valence-corrected chi connectivity index (χ3v) is 4.55. The molecule has 1 aromatic heterocycles. The summed E-state index contributed by atoms with van der Waals surface area (Å²) in [6, 6.07) is 10.4. The quantitative estimate of drug-likeness (QED) is 0.680. The zero-order valence-corrected chi connectivity index (χ0v) is 14.5. The van der Waals surface area contributed by atoms with Crippen molar-refractivity contribution < 1.29 is 9.47 Å². The molecule has 0 spiro atoms. The van der Waals surface area contributed by atoms with Crippen LogP contribution in [0.5, 0.6) is 5.75 Å². The summed E-state index contributed by atoms with van der Waals surface area (Å²) in [4.78, 5) is 1.35. The van der Waals surface area contributed by atoms with E-state index in [0.29, 0.717) is 6.61 Å². The first-order chi connectivity index (χ1) is 10.3. The third kappa shape index (κ3) is 5.79. The van der Waals surface area contributed by atoms with Crippen LogP contribution in [0.4, 0.5) is 0 Å². The van der Waals surface area contributed by atoms with Crippen molar-refractivity contribution in [2.75, 3.05) is 26.9 Å². The summed E-state index contributed by atoms with van der Waals surface area (Å²) in [6.07, 6.45) is 0.949. The Bertz CT molecular complexity index is 531. The van der Waals surface area contributed by atoms with E-state index in [9.17, 15) is 0 Å². The van der Waals surface area contributed by atoms with Crippen molar-refractivity contribution in [1.82, 2.24) is 5.32 Å². The molecule has 0 aliphatic heterocycles. The van der Waals surface area contributed by atoms with Gasteiger partial charge >= 0.3 is 0 Å². The minimum Gasteiger partial charge on any atom is -0.492 e. The SMILES string of the molecule is COCCNCc1ccc(OCCc2cccs2)c(Br)c1. The third-order valence-electron chi connectivity index (χ3n) is 2.99. The molecule has 3 nitrogen and oxygen atoms in total. The summed E-state index contributed by atoms with van der Waals surface area (Å²) < 4.78 is 11.8. The molecule has 0 amide bonds. The summed E-state index contributed by atoms with van der Waals surface area (Å²) in [5.74, 6) is 0.896. The summed E-state index contributed by atoms with van der Waals surface area (Å²) in [5, 5.41) is 5.42. The molecule has 0 unspecified atom stereocenters. The largest absolute Gasteiger partial charge is 0.492 e. The lowest BCUT2D eigenvalue weighted by atomic mass is 10.2. The molecule has 2 rings (SSSR count). The molecule has 1 N–H and O–H groups in total. The number of nitrogens with one attached hydrogen (secondary N) is 1. The number of thiophene rings is 1. The number of halogens is 1. The number of methoxy groups -OCH3 is 1. The molecule has 0 fully saturated rings. The van der Waals surface area contributed by atoms with Gasteiger partial charge in [0.1, 0.15) is 5.75 Å². The Labute approximate surface area is 138 Å². The van der Waals surface area contributed by atoms with E-state index in [4.69, 9.17) is 9.47 Å². The Balaban J connectivity index is 1.78. The molecule has 0 bridgehead atoms. The van der Waals surface area contributed by atoms with Gasteiger partial charge in [0, 0.05) is 31.5 Å². The van der Waals surface area contributed by atoms with E-state index in [0.717, 1.165) is 36.3 Å².